The Balaban J connectivity index is 1.67. The number of carbonyl (C=O) groups excluding carboxylic acids is 2. The maximum absolute atomic E-state index is 13.5. The molecule has 0 unspecified atom stereocenters. The molecule has 0 aliphatic heterocycles. The van der Waals surface area contributed by atoms with Gasteiger partial charge in [-0.15, -0.1) is 0 Å². The summed E-state index contributed by atoms with van der Waals surface area (Å²) in [6.07, 6.45) is 8.53. The molecule has 0 radical (unpaired) electrons. The fourth-order valence-electron chi connectivity index (χ4n) is 5.93. The smallest absolute Gasteiger partial charge is 0.307 e. The van der Waals surface area contributed by atoms with Crippen LogP contribution in [0.15, 0.2) is 0 Å². The second kappa shape index (κ2) is 7.65. The summed E-state index contributed by atoms with van der Waals surface area (Å²) in [5, 5.41) is 0. The first kappa shape index (κ1) is 18.7. The molecule has 0 N–H and O–H groups in total. The molecule has 0 aromatic carbocycles. The lowest BCUT2D eigenvalue weighted by atomic mass is 9.49. The number of amides is 1. The third-order valence-corrected chi connectivity index (χ3v) is 6.63. The van der Waals surface area contributed by atoms with E-state index in [1.165, 1.54) is 26.4 Å². The Labute approximate surface area is 152 Å². The lowest BCUT2D eigenvalue weighted by Gasteiger charge is -2.56. The molecule has 0 aromatic rings. The van der Waals surface area contributed by atoms with E-state index >= 15 is 0 Å². The summed E-state index contributed by atoms with van der Waals surface area (Å²) in [5.74, 6) is 2.39. The van der Waals surface area contributed by atoms with Gasteiger partial charge < -0.3 is 14.5 Å². The molecule has 4 aliphatic carbocycles. The minimum absolute atomic E-state index is 0.122. The zero-order valence-electron chi connectivity index (χ0n) is 16.1. The van der Waals surface area contributed by atoms with Crippen LogP contribution in [0.2, 0.25) is 0 Å². The summed E-state index contributed by atoms with van der Waals surface area (Å²) in [4.78, 5) is 29.3. The molecule has 142 valence electrons. The van der Waals surface area contributed by atoms with Gasteiger partial charge in [0.15, 0.2) is 0 Å². The highest BCUT2D eigenvalue weighted by Gasteiger charge is 2.55. The van der Waals surface area contributed by atoms with Crippen molar-refractivity contribution in [1.82, 2.24) is 9.80 Å². The predicted octanol–water partition coefficient (Wildman–Crippen LogP) is 2.55. The highest BCUT2D eigenvalue weighted by Crippen LogP contribution is 2.60. The van der Waals surface area contributed by atoms with E-state index in [1.807, 2.05) is 4.90 Å². The Morgan fingerprint density at radius 1 is 0.960 bits per heavy atom. The van der Waals surface area contributed by atoms with Crippen LogP contribution in [0.1, 0.15) is 51.4 Å². The Morgan fingerprint density at radius 3 is 2.00 bits per heavy atom. The van der Waals surface area contributed by atoms with E-state index < -0.39 is 0 Å². The lowest BCUT2D eigenvalue weighted by Crippen LogP contribution is -2.55. The molecule has 5 heteroatoms. The quantitative estimate of drug-likeness (QED) is 0.631. The Morgan fingerprint density at radius 2 is 1.52 bits per heavy atom. The summed E-state index contributed by atoms with van der Waals surface area (Å²) in [6.45, 7) is 2.21. The van der Waals surface area contributed by atoms with E-state index in [1.54, 1.807) is 0 Å². The fourth-order valence-corrected chi connectivity index (χ4v) is 5.93. The molecular weight excluding hydrogens is 316 g/mol. The Hall–Kier alpha value is -1.10. The van der Waals surface area contributed by atoms with Crippen molar-refractivity contribution in [2.75, 3.05) is 40.8 Å². The summed E-state index contributed by atoms with van der Waals surface area (Å²) in [6, 6.07) is 0. The van der Waals surface area contributed by atoms with Crippen molar-refractivity contribution in [3.05, 3.63) is 0 Å². The summed E-state index contributed by atoms with van der Waals surface area (Å²) >= 11 is 0. The van der Waals surface area contributed by atoms with Crippen molar-refractivity contribution in [3.63, 3.8) is 0 Å². The van der Waals surface area contributed by atoms with Gasteiger partial charge in [0, 0.05) is 13.1 Å². The number of hydrogen-bond acceptors (Lipinski definition) is 4. The van der Waals surface area contributed by atoms with Crippen molar-refractivity contribution >= 4 is 11.9 Å². The molecule has 4 fully saturated rings. The van der Waals surface area contributed by atoms with Crippen LogP contribution in [-0.2, 0) is 14.3 Å². The molecule has 25 heavy (non-hydrogen) atoms. The fraction of sp³-hybridized carbons (Fsp3) is 0.900. The molecule has 0 spiro atoms. The van der Waals surface area contributed by atoms with Crippen LogP contribution in [0.25, 0.3) is 0 Å². The van der Waals surface area contributed by atoms with Gasteiger partial charge in [-0.25, -0.2) is 0 Å². The third kappa shape index (κ3) is 4.18. The van der Waals surface area contributed by atoms with E-state index in [4.69, 9.17) is 4.74 Å². The van der Waals surface area contributed by atoms with Gasteiger partial charge >= 0.3 is 5.97 Å². The zero-order valence-corrected chi connectivity index (χ0v) is 16.1. The molecule has 0 atom stereocenters. The highest BCUT2D eigenvalue weighted by molar-refractivity contribution is 5.84. The number of rotatable bonds is 8. The second-order valence-electron chi connectivity index (χ2n) is 8.97. The minimum Gasteiger partial charge on any atom is -0.469 e. The summed E-state index contributed by atoms with van der Waals surface area (Å²) in [7, 11) is 5.53. The molecule has 1 amide bonds. The molecule has 4 bridgehead atoms. The number of nitrogens with zero attached hydrogens (tertiary/aromatic N) is 2. The molecular formula is C20H34N2O3. The number of esters is 1. The van der Waals surface area contributed by atoms with Gasteiger partial charge in [0.05, 0.1) is 18.9 Å². The van der Waals surface area contributed by atoms with Gasteiger partial charge in [-0.3, -0.25) is 9.59 Å². The van der Waals surface area contributed by atoms with Crippen molar-refractivity contribution < 1.29 is 14.3 Å². The average molecular weight is 351 g/mol. The van der Waals surface area contributed by atoms with Crippen LogP contribution in [0.5, 0.6) is 0 Å². The number of carbonyl (C=O) groups is 2. The summed E-state index contributed by atoms with van der Waals surface area (Å²) < 4.78 is 4.79. The maximum atomic E-state index is 13.5. The molecule has 5 nitrogen and oxygen atoms in total. The van der Waals surface area contributed by atoms with E-state index in [-0.39, 0.29) is 11.4 Å². The van der Waals surface area contributed by atoms with E-state index in [0.29, 0.717) is 18.9 Å². The van der Waals surface area contributed by atoms with Crippen LogP contribution >= 0.6 is 0 Å². The van der Waals surface area contributed by atoms with Gasteiger partial charge in [-0.1, -0.05) is 0 Å². The minimum atomic E-state index is -0.226. The molecule has 0 saturated heterocycles. The van der Waals surface area contributed by atoms with Gasteiger partial charge in [0.1, 0.15) is 0 Å². The molecule has 4 rings (SSSR count). The van der Waals surface area contributed by atoms with Gasteiger partial charge in [-0.2, -0.15) is 0 Å². The van der Waals surface area contributed by atoms with Crippen molar-refractivity contribution in [1.29, 1.82) is 0 Å². The Kier molecular flexibility index (Phi) is 5.71. The van der Waals surface area contributed by atoms with Crippen LogP contribution in [0.4, 0.5) is 0 Å². The summed E-state index contributed by atoms with van der Waals surface area (Å²) in [5.41, 5.74) is -0.122. The van der Waals surface area contributed by atoms with Gasteiger partial charge in [0.2, 0.25) is 5.91 Å². The van der Waals surface area contributed by atoms with Crippen molar-refractivity contribution in [2.45, 2.75) is 51.4 Å². The van der Waals surface area contributed by atoms with Crippen molar-refractivity contribution in [2.24, 2.45) is 23.2 Å². The predicted molar refractivity (Wildman–Crippen MR) is 97.0 cm³/mol. The average Bonchev–Trinajstić information content (AvgIpc) is 2.55. The van der Waals surface area contributed by atoms with E-state index in [0.717, 1.165) is 56.5 Å². The normalized spacial score (nSPS) is 32.9. The highest BCUT2D eigenvalue weighted by atomic mass is 16.5. The van der Waals surface area contributed by atoms with Crippen LogP contribution in [-0.4, -0.2) is 62.5 Å². The standard InChI is InChI=1S/C20H34N2O3/c1-21(2)6-4-7-22(8-5-18(23)25-3)19(24)20-12-15-9-16(13-20)11-17(10-15)14-20/h15-17H,4-14H2,1-3H3. The molecule has 4 aliphatic rings. The van der Waals surface area contributed by atoms with Gasteiger partial charge in [0.25, 0.3) is 0 Å². The first-order chi connectivity index (χ1) is 11.9. The van der Waals surface area contributed by atoms with Crippen LogP contribution in [0, 0.1) is 23.2 Å². The zero-order chi connectivity index (χ0) is 18.0. The first-order valence-corrected chi connectivity index (χ1v) is 9.93. The second-order valence-corrected chi connectivity index (χ2v) is 8.97. The lowest BCUT2D eigenvalue weighted by molar-refractivity contribution is -0.158. The SMILES string of the molecule is COC(=O)CCN(CCCN(C)C)C(=O)C12CC3CC(CC(C3)C1)C2. The molecule has 0 heterocycles. The van der Waals surface area contributed by atoms with Crippen LogP contribution in [0.3, 0.4) is 0 Å². The van der Waals surface area contributed by atoms with Crippen LogP contribution < -0.4 is 0 Å². The van der Waals surface area contributed by atoms with Gasteiger partial charge in [-0.05, 0) is 83.3 Å². The van der Waals surface area contributed by atoms with Crippen molar-refractivity contribution in [3.8, 4) is 0 Å². The third-order valence-electron chi connectivity index (χ3n) is 6.63. The first-order valence-electron chi connectivity index (χ1n) is 9.93. The number of hydrogen-bond donors (Lipinski definition) is 0. The monoisotopic (exact) mass is 350 g/mol. The number of ether oxygens (including phenoxy) is 1. The topological polar surface area (TPSA) is 49.9 Å². The van der Waals surface area contributed by atoms with E-state index in [9.17, 15) is 9.59 Å². The molecule has 0 aromatic heterocycles. The molecule has 4 saturated carbocycles. The largest absolute Gasteiger partial charge is 0.469 e. The number of methoxy groups -OCH3 is 1. The maximum Gasteiger partial charge on any atom is 0.307 e. The van der Waals surface area contributed by atoms with E-state index in [2.05, 4.69) is 19.0 Å². The Bertz CT molecular complexity index is 468.